The Labute approximate surface area is 143 Å². The zero-order chi connectivity index (χ0) is 17.4. The van der Waals surface area contributed by atoms with E-state index < -0.39 is 5.97 Å². The average Bonchev–Trinajstić information content (AvgIpc) is 2.61. The van der Waals surface area contributed by atoms with Crippen LogP contribution in [0.4, 0.5) is 5.69 Å². The fourth-order valence-electron chi connectivity index (χ4n) is 2.76. The van der Waals surface area contributed by atoms with E-state index in [1.54, 1.807) is 18.2 Å². The van der Waals surface area contributed by atoms with Gasteiger partial charge in [0, 0.05) is 19.7 Å². The Bertz CT molecular complexity index is 524. The molecule has 1 saturated heterocycles. The number of carboxylic acid groups (broad SMARTS) is 1. The standard InChI is InChI=1S/C18H27NO5/c1-3-19(4-2)15-9-8-14(18(20)21)13-16(15)22-11-12-24-17-7-5-6-10-23-17/h8-9,13,17H,3-7,10-12H2,1-2H3,(H,20,21). The number of carboxylic acids is 1. The van der Waals surface area contributed by atoms with Crippen LogP contribution in [0.1, 0.15) is 43.5 Å². The summed E-state index contributed by atoms with van der Waals surface area (Å²) in [5, 5.41) is 9.18. The molecule has 0 aliphatic carbocycles. The predicted molar refractivity (Wildman–Crippen MR) is 92.0 cm³/mol. The smallest absolute Gasteiger partial charge is 0.335 e. The lowest BCUT2D eigenvalue weighted by atomic mass is 10.1. The molecule has 1 heterocycles. The van der Waals surface area contributed by atoms with Gasteiger partial charge >= 0.3 is 5.97 Å². The van der Waals surface area contributed by atoms with Crippen molar-refractivity contribution in [2.75, 3.05) is 37.8 Å². The third-order valence-electron chi connectivity index (χ3n) is 4.09. The molecule has 1 atom stereocenters. The largest absolute Gasteiger partial charge is 0.489 e. The van der Waals surface area contributed by atoms with Crippen molar-refractivity contribution in [3.8, 4) is 5.75 Å². The van der Waals surface area contributed by atoms with Crippen molar-refractivity contribution in [2.45, 2.75) is 39.4 Å². The number of benzene rings is 1. The summed E-state index contributed by atoms with van der Waals surface area (Å²) in [7, 11) is 0. The molecule has 24 heavy (non-hydrogen) atoms. The number of rotatable bonds is 9. The van der Waals surface area contributed by atoms with E-state index in [0.717, 1.165) is 44.6 Å². The van der Waals surface area contributed by atoms with Gasteiger partial charge in [-0.25, -0.2) is 4.79 Å². The topological polar surface area (TPSA) is 68.2 Å². The van der Waals surface area contributed by atoms with Crippen LogP contribution in [0.2, 0.25) is 0 Å². The van der Waals surface area contributed by atoms with Crippen molar-refractivity contribution in [1.82, 2.24) is 0 Å². The Morgan fingerprint density at radius 2 is 2.08 bits per heavy atom. The normalized spacial score (nSPS) is 17.5. The van der Waals surface area contributed by atoms with E-state index in [1.165, 1.54) is 0 Å². The van der Waals surface area contributed by atoms with Crippen LogP contribution in [0.5, 0.6) is 5.75 Å². The molecule has 6 nitrogen and oxygen atoms in total. The Balaban J connectivity index is 1.97. The molecule has 0 aromatic heterocycles. The van der Waals surface area contributed by atoms with Gasteiger partial charge in [0.15, 0.2) is 6.29 Å². The van der Waals surface area contributed by atoms with Crippen molar-refractivity contribution >= 4 is 11.7 Å². The highest BCUT2D eigenvalue weighted by Gasteiger charge is 2.15. The van der Waals surface area contributed by atoms with Gasteiger partial charge in [-0.2, -0.15) is 0 Å². The molecule has 0 amide bonds. The molecule has 0 saturated carbocycles. The molecule has 6 heteroatoms. The van der Waals surface area contributed by atoms with Crippen LogP contribution >= 0.6 is 0 Å². The zero-order valence-electron chi connectivity index (χ0n) is 14.5. The predicted octanol–water partition coefficient (Wildman–Crippen LogP) is 3.15. The summed E-state index contributed by atoms with van der Waals surface area (Å²) in [4.78, 5) is 13.3. The lowest BCUT2D eigenvalue weighted by Gasteiger charge is -2.25. The van der Waals surface area contributed by atoms with Crippen molar-refractivity contribution < 1.29 is 24.1 Å². The van der Waals surface area contributed by atoms with Gasteiger partial charge < -0.3 is 24.2 Å². The summed E-state index contributed by atoms with van der Waals surface area (Å²) >= 11 is 0. The number of anilines is 1. The van der Waals surface area contributed by atoms with E-state index in [9.17, 15) is 9.90 Å². The van der Waals surface area contributed by atoms with E-state index in [1.807, 2.05) is 0 Å². The number of hydrogen-bond acceptors (Lipinski definition) is 5. The summed E-state index contributed by atoms with van der Waals surface area (Å²) in [5.41, 5.74) is 1.12. The van der Waals surface area contributed by atoms with Crippen LogP contribution in [-0.4, -0.2) is 50.3 Å². The molecular weight excluding hydrogens is 310 g/mol. The highest BCUT2D eigenvalue weighted by atomic mass is 16.7. The maximum Gasteiger partial charge on any atom is 0.335 e. The summed E-state index contributed by atoms with van der Waals surface area (Å²) < 4.78 is 17.0. The lowest BCUT2D eigenvalue weighted by molar-refractivity contribution is -0.165. The van der Waals surface area contributed by atoms with Gasteiger partial charge in [-0.05, 0) is 51.3 Å². The summed E-state index contributed by atoms with van der Waals surface area (Å²) in [6.07, 6.45) is 2.98. The Morgan fingerprint density at radius 3 is 2.71 bits per heavy atom. The van der Waals surface area contributed by atoms with Gasteiger partial charge in [0.25, 0.3) is 0 Å². The molecular formula is C18H27NO5. The minimum absolute atomic E-state index is 0.144. The molecule has 134 valence electrons. The lowest BCUT2D eigenvalue weighted by Crippen LogP contribution is -2.25. The number of ether oxygens (including phenoxy) is 3. The van der Waals surface area contributed by atoms with Gasteiger partial charge in [0.2, 0.25) is 0 Å². The monoisotopic (exact) mass is 337 g/mol. The van der Waals surface area contributed by atoms with Crippen molar-refractivity contribution in [1.29, 1.82) is 0 Å². The van der Waals surface area contributed by atoms with E-state index in [-0.39, 0.29) is 11.9 Å². The van der Waals surface area contributed by atoms with Crippen LogP contribution in [0.25, 0.3) is 0 Å². The van der Waals surface area contributed by atoms with Gasteiger partial charge in [-0.1, -0.05) is 0 Å². The molecule has 0 radical (unpaired) electrons. The summed E-state index contributed by atoms with van der Waals surface area (Å²) in [6, 6.07) is 4.99. The van der Waals surface area contributed by atoms with Gasteiger partial charge in [-0.3, -0.25) is 0 Å². The van der Waals surface area contributed by atoms with E-state index >= 15 is 0 Å². The number of carbonyl (C=O) groups is 1. The van der Waals surface area contributed by atoms with Crippen LogP contribution in [-0.2, 0) is 9.47 Å². The summed E-state index contributed by atoms with van der Waals surface area (Å²) in [5.74, 6) is -0.385. The van der Waals surface area contributed by atoms with E-state index in [4.69, 9.17) is 14.2 Å². The molecule has 1 aromatic carbocycles. The molecule has 1 fully saturated rings. The average molecular weight is 337 g/mol. The number of aromatic carboxylic acids is 1. The molecule has 1 aliphatic heterocycles. The highest BCUT2D eigenvalue weighted by Crippen LogP contribution is 2.29. The van der Waals surface area contributed by atoms with Crippen molar-refractivity contribution in [2.24, 2.45) is 0 Å². The molecule has 2 rings (SSSR count). The van der Waals surface area contributed by atoms with Crippen LogP contribution in [0.3, 0.4) is 0 Å². The van der Waals surface area contributed by atoms with E-state index in [2.05, 4.69) is 18.7 Å². The second-order valence-corrected chi connectivity index (χ2v) is 5.68. The van der Waals surface area contributed by atoms with Crippen LogP contribution < -0.4 is 9.64 Å². The third-order valence-corrected chi connectivity index (χ3v) is 4.09. The molecule has 1 unspecified atom stereocenters. The van der Waals surface area contributed by atoms with Gasteiger partial charge in [0.05, 0.1) is 17.9 Å². The Morgan fingerprint density at radius 1 is 1.29 bits per heavy atom. The first-order valence-electron chi connectivity index (χ1n) is 8.64. The quantitative estimate of drug-likeness (QED) is 0.698. The first kappa shape index (κ1) is 18.5. The summed E-state index contributed by atoms with van der Waals surface area (Å²) in [6.45, 7) is 7.29. The van der Waals surface area contributed by atoms with Crippen molar-refractivity contribution in [3.05, 3.63) is 23.8 Å². The molecule has 1 aromatic rings. The van der Waals surface area contributed by atoms with Gasteiger partial charge in [0.1, 0.15) is 12.4 Å². The second-order valence-electron chi connectivity index (χ2n) is 5.68. The van der Waals surface area contributed by atoms with Crippen molar-refractivity contribution in [3.63, 3.8) is 0 Å². The van der Waals surface area contributed by atoms with Crippen LogP contribution in [0, 0.1) is 0 Å². The highest BCUT2D eigenvalue weighted by molar-refractivity contribution is 5.89. The first-order valence-corrected chi connectivity index (χ1v) is 8.64. The first-order chi connectivity index (χ1) is 11.7. The number of nitrogens with zero attached hydrogens (tertiary/aromatic N) is 1. The Hall–Kier alpha value is -1.79. The molecule has 0 spiro atoms. The maximum absolute atomic E-state index is 11.2. The SMILES string of the molecule is CCN(CC)c1ccc(C(=O)O)cc1OCCOC1CCCCO1. The minimum Gasteiger partial charge on any atom is -0.489 e. The fraction of sp³-hybridized carbons (Fsp3) is 0.611. The van der Waals surface area contributed by atoms with E-state index in [0.29, 0.717) is 19.0 Å². The number of hydrogen-bond donors (Lipinski definition) is 1. The second kappa shape index (κ2) is 9.49. The third kappa shape index (κ3) is 5.11. The maximum atomic E-state index is 11.2. The Kier molecular flexibility index (Phi) is 7.34. The fourth-order valence-corrected chi connectivity index (χ4v) is 2.76. The van der Waals surface area contributed by atoms with Gasteiger partial charge in [-0.15, -0.1) is 0 Å². The van der Waals surface area contributed by atoms with Crippen LogP contribution in [0.15, 0.2) is 18.2 Å². The minimum atomic E-state index is -0.960. The molecule has 0 bridgehead atoms. The molecule has 1 N–H and O–H groups in total. The molecule has 1 aliphatic rings. The zero-order valence-corrected chi connectivity index (χ0v) is 14.5.